The Morgan fingerprint density at radius 3 is 2.29 bits per heavy atom. The largest absolute Gasteiger partial charge is 0.480 e. The molecule has 0 bridgehead atoms. The molecule has 150 valence electrons. The molecular weight excluding hydrogens is 380 g/mol. The van der Waals surface area contributed by atoms with Gasteiger partial charge in [-0.05, 0) is 54.1 Å². The van der Waals surface area contributed by atoms with Crippen LogP contribution in [0.25, 0.3) is 0 Å². The lowest BCUT2D eigenvalue weighted by atomic mass is 10.0. The van der Waals surface area contributed by atoms with Gasteiger partial charge in [0.25, 0.3) is 0 Å². The van der Waals surface area contributed by atoms with E-state index in [1.165, 1.54) is 18.3 Å². The Labute approximate surface area is 167 Å². The molecule has 0 unspecified atom stereocenters. The highest BCUT2D eigenvalue weighted by Crippen LogP contribution is 2.12. The van der Waals surface area contributed by atoms with E-state index in [0.717, 1.165) is 11.1 Å². The molecule has 0 aliphatic carbocycles. The van der Waals surface area contributed by atoms with Crippen LogP contribution in [0.2, 0.25) is 0 Å². The maximum atomic E-state index is 12.6. The number of carbonyl (C=O) groups is 3. The first-order valence-electron chi connectivity index (χ1n) is 8.94. The number of benzene rings is 1. The van der Waals surface area contributed by atoms with Crippen LogP contribution in [0.3, 0.4) is 0 Å². The third-order valence-corrected chi connectivity index (χ3v) is 5.06. The maximum absolute atomic E-state index is 12.6. The number of carboxylic acid groups (broad SMARTS) is 2. The maximum Gasteiger partial charge on any atom is 0.325 e. The number of hydrogen-bond acceptors (Lipinski definition) is 5. The SMILES string of the molecule is C[C@H](NC(=O)[C@H](Cc1ccsc1)N[C@H](CCc1ccccc1)C(=O)O)C(=O)O. The van der Waals surface area contributed by atoms with E-state index in [4.69, 9.17) is 5.11 Å². The first kappa shape index (κ1) is 21.6. The first-order valence-corrected chi connectivity index (χ1v) is 9.88. The van der Waals surface area contributed by atoms with Gasteiger partial charge in [-0.15, -0.1) is 0 Å². The average molecular weight is 404 g/mol. The minimum atomic E-state index is -1.15. The molecule has 8 heteroatoms. The standard InChI is InChI=1S/C20H24N2O5S/c1-13(19(24)25)21-18(23)17(11-15-9-10-28-12-15)22-16(20(26)27)8-7-14-5-3-2-4-6-14/h2-6,9-10,12-13,16-17,22H,7-8,11H2,1H3,(H,21,23)(H,24,25)(H,26,27)/t13-,16+,17-/m0/s1. The van der Waals surface area contributed by atoms with Crippen molar-refractivity contribution in [3.8, 4) is 0 Å². The van der Waals surface area contributed by atoms with Crippen molar-refractivity contribution < 1.29 is 24.6 Å². The normalized spacial score (nSPS) is 14.0. The van der Waals surface area contributed by atoms with Gasteiger partial charge in [0.1, 0.15) is 12.1 Å². The molecule has 1 amide bonds. The molecule has 1 aromatic heterocycles. The van der Waals surface area contributed by atoms with Crippen LogP contribution in [-0.2, 0) is 27.2 Å². The third kappa shape index (κ3) is 6.79. The molecule has 0 radical (unpaired) electrons. The molecule has 0 aliphatic rings. The number of hydrogen-bond donors (Lipinski definition) is 4. The average Bonchev–Trinajstić information content (AvgIpc) is 3.17. The highest BCUT2D eigenvalue weighted by atomic mass is 32.1. The predicted molar refractivity (Wildman–Crippen MR) is 106 cm³/mol. The Hall–Kier alpha value is -2.71. The van der Waals surface area contributed by atoms with Crippen molar-refractivity contribution in [2.45, 2.75) is 44.3 Å². The van der Waals surface area contributed by atoms with E-state index >= 15 is 0 Å². The number of rotatable bonds is 11. The molecular formula is C20H24N2O5S. The van der Waals surface area contributed by atoms with Crippen molar-refractivity contribution in [2.24, 2.45) is 0 Å². The van der Waals surface area contributed by atoms with Gasteiger partial charge in [0.15, 0.2) is 0 Å². The molecule has 0 fully saturated rings. The van der Waals surface area contributed by atoms with Gasteiger partial charge in [-0.3, -0.25) is 19.7 Å². The summed E-state index contributed by atoms with van der Waals surface area (Å²) in [6.45, 7) is 1.37. The number of aliphatic carboxylic acids is 2. The highest BCUT2D eigenvalue weighted by molar-refractivity contribution is 7.07. The molecule has 1 aromatic carbocycles. The fourth-order valence-electron chi connectivity index (χ4n) is 2.72. The van der Waals surface area contributed by atoms with E-state index < -0.39 is 36.0 Å². The molecule has 0 aliphatic heterocycles. The summed E-state index contributed by atoms with van der Waals surface area (Å²) < 4.78 is 0. The number of carbonyl (C=O) groups excluding carboxylic acids is 1. The van der Waals surface area contributed by atoms with Gasteiger partial charge in [-0.1, -0.05) is 30.3 Å². The van der Waals surface area contributed by atoms with Crippen molar-refractivity contribution in [1.29, 1.82) is 0 Å². The zero-order valence-electron chi connectivity index (χ0n) is 15.5. The summed E-state index contributed by atoms with van der Waals surface area (Å²) in [6, 6.07) is 8.51. The lowest BCUT2D eigenvalue weighted by Gasteiger charge is -2.23. The van der Waals surface area contributed by atoms with Crippen molar-refractivity contribution in [3.05, 3.63) is 58.3 Å². The van der Waals surface area contributed by atoms with Crippen LogP contribution < -0.4 is 10.6 Å². The predicted octanol–water partition coefficient (Wildman–Crippen LogP) is 1.92. The first-order chi connectivity index (χ1) is 13.4. The van der Waals surface area contributed by atoms with E-state index in [-0.39, 0.29) is 6.42 Å². The van der Waals surface area contributed by atoms with Gasteiger partial charge in [0.05, 0.1) is 6.04 Å². The Bertz CT molecular complexity index is 779. The van der Waals surface area contributed by atoms with Crippen LogP contribution in [0, 0.1) is 0 Å². The second kappa shape index (κ2) is 10.6. The molecule has 0 spiro atoms. The van der Waals surface area contributed by atoms with Gasteiger partial charge in [-0.2, -0.15) is 11.3 Å². The molecule has 3 atom stereocenters. The number of carboxylic acids is 2. The van der Waals surface area contributed by atoms with E-state index in [1.54, 1.807) is 0 Å². The monoisotopic (exact) mass is 404 g/mol. The minimum Gasteiger partial charge on any atom is -0.480 e. The Balaban J connectivity index is 2.09. The Morgan fingerprint density at radius 1 is 1.00 bits per heavy atom. The molecule has 7 nitrogen and oxygen atoms in total. The topological polar surface area (TPSA) is 116 Å². The summed E-state index contributed by atoms with van der Waals surface area (Å²) in [4.78, 5) is 35.4. The van der Waals surface area contributed by atoms with E-state index in [0.29, 0.717) is 12.8 Å². The lowest BCUT2D eigenvalue weighted by Crippen LogP contribution is -2.54. The molecule has 2 aromatic rings. The molecule has 4 N–H and O–H groups in total. The summed E-state index contributed by atoms with van der Waals surface area (Å²) in [5.41, 5.74) is 1.89. The second-order valence-corrected chi connectivity index (χ2v) is 7.32. The Kier molecular flexibility index (Phi) is 8.16. The van der Waals surface area contributed by atoms with Gasteiger partial charge >= 0.3 is 11.9 Å². The molecule has 0 saturated carbocycles. The van der Waals surface area contributed by atoms with Crippen LogP contribution in [0.1, 0.15) is 24.5 Å². The van der Waals surface area contributed by atoms with Crippen LogP contribution in [-0.4, -0.2) is 46.2 Å². The van der Waals surface area contributed by atoms with E-state index in [1.807, 2.05) is 47.2 Å². The molecule has 0 saturated heterocycles. The smallest absolute Gasteiger partial charge is 0.325 e. The van der Waals surface area contributed by atoms with Crippen molar-refractivity contribution in [3.63, 3.8) is 0 Å². The van der Waals surface area contributed by atoms with Gasteiger partial charge in [-0.25, -0.2) is 0 Å². The van der Waals surface area contributed by atoms with Gasteiger partial charge in [0, 0.05) is 0 Å². The van der Waals surface area contributed by atoms with E-state index in [2.05, 4.69) is 10.6 Å². The summed E-state index contributed by atoms with van der Waals surface area (Å²) in [5, 5.41) is 27.7. The summed E-state index contributed by atoms with van der Waals surface area (Å²) in [6.07, 6.45) is 1.13. The fraction of sp³-hybridized carbons (Fsp3) is 0.350. The number of aryl methyl sites for hydroxylation is 1. The van der Waals surface area contributed by atoms with Gasteiger partial charge in [0.2, 0.25) is 5.91 Å². The summed E-state index contributed by atoms with van der Waals surface area (Å²) in [7, 11) is 0. The quantitative estimate of drug-likeness (QED) is 0.455. The molecule has 2 rings (SSSR count). The van der Waals surface area contributed by atoms with E-state index in [9.17, 15) is 19.5 Å². The fourth-order valence-corrected chi connectivity index (χ4v) is 3.41. The van der Waals surface area contributed by atoms with Crippen LogP contribution >= 0.6 is 11.3 Å². The number of thiophene rings is 1. The molecule has 28 heavy (non-hydrogen) atoms. The second-order valence-electron chi connectivity index (χ2n) is 6.54. The Morgan fingerprint density at radius 2 is 1.71 bits per heavy atom. The zero-order valence-corrected chi connectivity index (χ0v) is 16.3. The number of amides is 1. The van der Waals surface area contributed by atoms with Crippen molar-refractivity contribution in [1.82, 2.24) is 10.6 Å². The number of nitrogens with one attached hydrogen (secondary N) is 2. The third-order valence-electron chi connectivity index (χ3n) is 4.33. The minimum absolute atomic E-state index is 0.275. The van der Waals surface area contributed by atoms with Crippen molar-refractivity contribution in [2.75, 3.05) is 0 Å². The summed E-state index contributed by atoms with van der Waals surface area (Å²) in [5.74, 6) is -2.74. The van der Waals surface area contributed by atoms with Crippen LogP contribution in [0.4, 0.5) is 0 Å². The molecule has 1 heterocycles. The summed E-state index contributed by atoms with van der Waals surface area (Å²) >= 11 is 1.47. The lowest BCUT2D eigenvalue weighted by molar-refractivity contribution is -0.143. The zero-order chi connectivity index (χ0) is 20.5. The van der Waals surface area contributed by atoms with Crippen LogP contribution in [0.5, 0.6) is 0 Å². The highest BCUT2D eigenvalue weighted by Gasteiger charge is 2.28. The van der Waals surface area contributed by atoms with Crippen LogP contribution in [0.15, 0.2) is 47.2 Å². The van der Waals surface area contributed by atoms with Crippen molar-refractivity contribution >= 4 is 29.2 Å². The van der Waals surface area contributed by atoms with Gasteiger partial charge < -0.3 is 15.5 Å².